The molecule has 1 aromatic rings. The number of hydrogen-bond acceptors (Lipinski definition) is 5. The minimum Gasteiger partial charge on any atom is -0.462 e. The predicted octanol–water partition coefficient (Wildman–Crippen LogP) is 2.41. The number of esters is 1. The Morgan fingerprint density at radius 3 is 3.19 bits per heavy atom. The minimum atomic E-state index is -0.173. The molecule has 0 amide bonds. The van der Waals surface area contributed by atoms with Gasteiger partial charge < -0.3 is 15.2 Å². The highest BCUT2D eigenvalue weighted by molar-refractivity contribution is 7.99. The number of benzene rings is 1. The molecule has 0 aromatic heterocycles. The van der Waals surface area contributed by atoms with Gasteiger partial charge >= 0.3 is 5.97 Å². The van der Waals surface area contributed by atoms with Crippen LogP contribution in [0.1, 0.15) is 24.8 Å². The van der Waals surface area contributed by atoms with Crippen molar-refractivity contribution in [3.63, 3.8) is 0 Å². The second-order valence-corrected chi connectivity index (χ2v) is 6.97. The maximum absolute atomic E-state index is 12.1. The molecule has 2 aliphatic rings. The van der Waals surface area contributed by atoms with E-state index in [0.29, 0.717) is 12.3 Å². The van der Waals surface area contributed by atoms with E-state index in [1.165, 1.54) is 0 Å². The molecule has 3 rings (SSSR count). The molecule has 1 aromatic carbocycles. The van der Waals surface area contributed by atoms with Gasteiger partial charge in [-0.1, -0.05) is 12.1 Å². The second-order valence-electron chi connectivity index (χ2n) is 5.86. The summed E-state index contributed by atoms with van der Waals surface area (Å²) >= 11 is 1.93. The standard InChI is InChI=1S/C16H21NO3S/c17-13-3-1-2-12(8-13)9-15(18)20-14-4-6-19-16(10-14)5-7-21-11-16/h1-3,8,14H,4-7,9-11,17H2. The molecule has 21 heavy (non-hydrogen) atoms. The molecule has 2 unspecified atom stereocenters. The molecule has 0 saturated carbocycles. The monoisotopic (exact) mass is 307 g/mol. The number of anilines is 1. The van der Waals surface area contributed by atoms with Crippen molar-refractivity contribution in [2.24, 2.45) is 0 Å². The Morgan fingerprint density at radius 1 is 1.52 bits per heavy atom. The molecule has 4 nitrogen and oxygen atoms in total. The van der Waals surface area contributed by atoms with Gasteiger partial charge in [-0.2, -0.15) is 11.8 Å². The van der Waals surface area contributed by atoms with E-state index in [0.717, 1.165) is 36.3 Å². The number of nitrogen functional groups attached to an aromatic ring is 1. The molecule has 1 spiro atoms. The van der Waals surface area contributed by atoms with Crippen molar-refractivity contribution in [1.29, 1.82) is 0 Å². The van der Waals surface area contributed by atoms with Crippen LogP contribution in [0.2, 0.25) is 0 Å². The normalized spacial score (nSPS) is 28.7. The molecule has 2 atom stereocenters. The number of rotatable bonds is 3. The highest BCUT2D eigenvalue weighted by Crippen LogP contribution is 2.39. The Bertz CT molecular complexity index is 514. The zero-order valence-corrected chi connectivity index (χ0v) is 12.9. The van der Waals surface area contributed by atoms with E-state index < -0.39 is 0 Å². The van der Waals surface area contributed by atoms with Crippen molar-refractivity contribution in [3.8, 4) is 0 Å². The summed E-state index contributed by atoms with van der Waals surface area (Å²) in [5.74, 6) is 1.99. The molecule has 2 saturated heterocycles. The van der Waals surface area contributed by atoms with E-state index in [9.17, 15) is 4.79 Å². The molecule has 0 aliphatic carbocycles. The molecule has 5 heteroatoms. The molecular weight excluding hydrogens is 286 g/mol. The van der Waals surface area contributed by atoms with E-state index in [-0.39, 0.29) is 24.1 Å². The number of ether oxygens (including phenoxy) is 2. The third-order valence-corrected chi connectivity index (χ3v) is 5.34. The third kappa shape index (κ3) is 3.71. The molecule has 114 valence electrons. The minimum absolute atomic E-state index is 0.00832. The lowest BCUT2D eigenvalue weighted by molar-refractivity contribution is -0.162. The summed E-state index contributed by atoms with van der Waals surface area (Å²) in [7, 11) is 0. The van der Waals surface area contributed by atoms with Crippen LogP contribution in [-0.4, -0.2) is 35.8 Å². The average molecular weight is 307 g/mol. The number of carbonyl (C=O) groups excluding carboxylic acids is 1. The van der Waals surface area contributed by atoms with Gasteiger partial charge in [-0.25, -0.2) is 0 Å². The summed E-state index contributed by atoms with van der Waals surface area (Å²) in [5, 5.41) is 0. The van der Waals surface area contributed by atoms with E-state index in [2.05, 4.69) is 0 Å². The highest BCUT2D eigenvalue weighted by Gasteiger charge is 2.41. The first-order valence-corrected chi connectivity index (χ1v) is 8.56. The fraction of sp³-hybridized carbons (Fsp3) is 0.562. The molecule has 0 radical (unpaired) electrons. The van der Waals surface area contributed by atoms with Crippen LogP contribution in [-0.2, 0) is 20.7 Å². The molecular formula is C16H21NO3S. The van der Waals surface area contributed by atoms with Crippen molar-refractivity contribution >= 4 is 23.4 Å². The maximum Gasteiger partial charge on any atom is 0.310 e. The molecule has 2 fully saturated rings. The van der Waals surface area contributed by atoms with Gasteiger partial charge in [0.15, 0.2) is 0 Å². The Labute approximate surface area is 129 Å². The Kier molecular flexibility index (Phi) is 4.40. The maximum atomic E-state index is 12.1. The fourth-order valence-corrected chi connectivity index (χ4v) is 4.42. The second kappa shape index (κ2) is 6.28. The molecule has 0 bridgehead atoms. The quantitative estimate of drug-likeness (QED) is 0.686. The van der Waals surface area contributed by atoms with Crippen molar-refractivity contribution in [1.82, 2.24) is 0 Å². The number of nitrogens with two attached hydrogens (primary N) is 1. The van der Waals surface area contributed by atoms with E-state index in [1.807, 2.05) is 36.0 Å². The number of thioether (sulfide) groups is 1. The van der Waals surface area contributed by atoms with Crippen LogP contribution in [0.25, 0.3) is 0 Å². The zero-order chi connectivity index (χ0) is 14.7. The Morgan fingerprint density at radius 2 is 2.43 bits per heavy atom. The predicted molar refractivity (Wildman–Crippen MR) is 84.3 cm³/mol. The first kappa shape index (κ1) is 14.7. The van der Waals surface area contributed by atoms with E-state index in [4.69, 9.17) is 15.2 Å². The van der Waals surface area contributed by atoms with Crippen LogP contribution in [0, 0.1) is 0 Å². The van der Waals surface area contributed by atoms with Crippen molar-refractivity contribution in [3.05, 3.63) is 29.8 Å². The smallest absolute Gasteiger partial charge is 0.310 e. The first-order valence-electron chi connectivity index (χ1n) is 7.41. The summed E-state index contributed by atoms with van der Waals surface area (Å²) in [5.41, 5.74) is 7.25. The number of hydrogen-bond donors (Lipinski definition) is 1. The van der Waals surface area contributed by atoms with Crippen LogP contribution in [0.4, 0.5) is 5.69 Å². The summed E-state index contributed by atoms with van der Waals surface area (Å²) in [6, 6.07) is 7.39. The molecule has 2 N–H and O–H groups in total. The van der Waals surface area contributed by atoms with Gasteiger partial charge in [-0.3, -0.25) is 4.79 Å². The van der Waals surface area contributed by atoms with Gasteiger partial charge in [-0.05, 0) is 29.9 Å². The Hall–Kier alpha value is -1.20. The lowest BCUT2D eigenvalue weighted by atomic mass is 9.91. The fourth-order valence-electron chi connectivity index (χ4n) is 3.04. The van der Waals surface area contributed by atoms with Gasteiger partial charge in [0, 0.05) is 24.3 Å². The largest absolute Gasteiger partial charge is 0.462 e. The summed E-state index contributed by atoms with van der Waals surface area (Å²) in [4.78, 5) is 12.1. The third-order valence-electron chi connectivity index (χ3n) is 4.11. The van der Waals surface area contributed by atoms with E-state index in [1.54, 1.807) is 0 Å². The van der Waals surface area contributed by atoms with Crippen LogP contribution in [0.3, 0.4) is 0 Å². The summed E-state index contributed by atoms with van der Waals surface area (Å²) in [6.07, 6.45) is 2.98. The van der Waals surface area contributed by atoms with Gasteiger partial charge in [0.25, 0.3) is 0 Å². The summed E-state index contributed by atoms with van der Waals surface area (Å²) < 4.78 is 11.6. The van der Waals surface area contributed by atoms with Gasteiger partial charge in [0.1, 0.15) is 6.10 Å². The zero-order valence-electron chi connectivity index (χ0n) is 12.0. The number of carbonyl (C=O) groups is 1. The molecule has 2 aliphatic heterocycles. The first-order chi connectivity index (χ1) is 10.2. The van der Waals surface area contributed by atoms with Crippen LogP contribution >= 0.6 is 11.8 Å². The topological polar surface area (TPSA) is 61.6 Å². The average Bonchev–Trinajstić information content (AvgIpc) is 2.86. The van der Waals surface area contributed by atoms with Crippen LogP contribution in [0.5, 0.6) is 0 Å². The van der Waals surface area contributed by atoms with Crippen LogP contribution < -0.4 is 5.73 Å². The lowest BCUT2D eigenvalue weighted by Crippen LogP contribution is -2.43. The highest BCUT2D eigenvalue weighted by atomic mass is 32.2. The van der Waals surface area contributed by atoms with Gasteiger partial charge in [-0.15, -0.1) is 0 Å². The van der Waals surface area contributed by atoms with Crippen molar-refractivity contribution in [2.45, 2.75) is 37.4 Å². The van der Waals surface area contributed by atoms with Gasteiger partial charge in [0.2, 0.25) is 0 Å². The van der Waals surface area contributed by atoms with Crippen molar-refractivity contribution in [2.75, 3.05) is 23.8 Å². The lowest BCUT2D eigenvalue weighted by Gasteiger charge is -2.37. The summed E-state index contributed by atoms with van der Waals surface area (Å²) in [6.45, 7) is 0.691. The Balaban J connectivity index is 1.55. The van der Waals surface area contributed by atoms with Crippen molar-refractivity contribution < 1.29 is 14.3 Å². The van der Waals surface area contributed by atoms with Crippen LogP contribution in [0.15, 0.2) is 24.3 Å². The van der Waals surface area contributed by atoms with Gasteiger partial charge in [0.05, 0.1) is 18.6 Å². The molecule has 2 heterocycles. The van der Waals surface area contributed by atoms with E-state index >= 15 is 0 Å². The SMILES string of the molecule is Nc1cccc(CC(=O)OC2CCOC3(CCSC3)C2)c1.